The van der Waals surface area contributed by atoms with Gasteiger partial charge in [0.25, 0.3) is 0 Å². The van der Waals surface area contributed by atoms with E-state index in [0.717, 1.165) is 5.82 Å². The van der Waals surface area contributed by atoms with Crippen molar-refractivity contribution in [3.63, 3.8) is 0 Å². The summed E-state index contributed by atoms with van der Waals surface area (Å²) >= 11 is 4.63. The van der Waals surface area contributed by atoms with E-state index in [1.165, 1.54) is 0 Å². The van der Waals surface area contributed by atoms with Crippen molar-refractivity contribution < 1.29 is 0 Å². The van der Waals surface area contributed by atoms with Gasteiger partial charge in [0.05, 0.1) is 0 Å². The minimum absolute atomic E-state index is 0.652. The Morgan fingerprint density at radius 3 is 3.00 bits per heavy atom. The zero-order valence-electron chi connectivity index (χ0n) is 4.98. The SMILES string of the molecule is Cn1nnnc1CC=S. The average molecular weight is 142 g/mol. The molecule has 4 nitrogen and oxygen atoms in total. The smallest absolute Gasteiger partial charge is 0.155 e. The van der Waals surface area contributed by atoms with Crippen LogP contribution in [-0.4, -0.2) is 25.6 Å². The molecule has 1 rings (SSSR count). The quantitative estimate of drug-likeness (QED) is 0.534. The van der Waals surface area contributed by atoms with Crippen LogP contribution in [0.1, 0.15) is 5.82 Å². The Hall–Kier alpha value is -0.840. The molecular weight excluding hydrogens is 136 g/mol. The summed E-state index contributed by atoms with van der Waals surface area (Å²) in [6, 6.07) is 0. The van der Waals surface area contributed by atoms with Crippen LogP contribution in [0.2, 0.25) is 0 Å². The van der Waals surface area contributed by atoms with Gasteiger partial charge < -0.3 is 0 Å². The van der Waals surface area contributed by atoms with E-state index in [4.69, 9.17) is 0 Å². The van der Waals surface area contributed by atoms with E-state index in [1.54, 1.807) is 17.1 Å². The van der Waals surface area contributed by atoms with Gasteiger partial charge >= 0.3 is 0 Å². The number of hydrogen-bond donors (Lipinski definition) is 0. The molecular formula is C4H6N4S. The number of thiocarbonyl (C=S) groups is 1. The number of aromatic nitrogens is 4. The summed E-state index contributed by atoms with van der Waals surface area (Å²) in [5.74, 6) is 0.796. The number of aryl methyl sites for hydroxylation is 1. The van der Waals surface area contributed by atoms with Crippen LogP contribution in [0.5, 0.6) is 0 Å². The molecule has 0 radical (unpaired) electrons. The lowest BCUT2D eigenvalue weighted by Gasteiger charge is -1.88. The molecule has 0 bridgehead atoms. The summed E-state index contributed by atoms with van der Waals surface area (Å²) in [4.78, 5) is 0. The third-order valence-corrected chi connectivity index (χ3v) is 1.14. The van der Waals surface area contributed by atoms with E-state index in [-0.39, 0.29) is 0 Å². The summed E-state index contributed by atoms with van der Waals surface area (Å²) in [5, 5.41) is 12.4. The second-order valence-electron chi connectivity index (χ2n) is 1.59. The highest BCUT2D eigenvalue weighted by Crippen LogP contribution is 1.85. The molecule has 0 aliphatic carbocycles. The fourth-order valence-corrected chi connectivity index (χ4v) is 0.645. The van der Waals surface area contributed by atoms with Crippen molar-refractivity contribution in [2.24, 2.45) is 7.05 Å². The molecule has 0 aliphatic heterocycles. The molecule has 1 heterocycles. The molecule has 48 valence electrons. The van der Waals surface area contributed by atoms with Gasteiger partial charge in [-0.25, -0.2) is 4.68 Å². The zero-order chi connectivity index (χ0) is 6.69. The van der Waals surface area contributed by atoms with Gasteiger partial charge in [-0.1, -0.05) is 12.2 Å². The Balaban J connectivity index is 2.80. The molecule has 9 heavy (non-hydrogen) atoms. The largest absolute Gasteiger partial charge is 0.232 e. The van der Waals surface area contributed by atoms with Crippen LogP contribution in [0.4, 0.5) is 0 Å². The minimum Gasteiger partial charge on any atom is -0.232 e. The van der Waals surface area contributed by atoms with Crippen LogP contribution in [0.15, 0.2) is 0 Å². The van der Waals surface area contributed by atoms with E-state index in [1.807, 2.05) is 0 Å². The van der Waals surface area contributed by atoms with Gasteiger partial charge in [0.2, 0.25) is 0 Å². The maximum Gasteiger partial charge on any atom is 0.155 e. The molecule has 1 aromatic rings. The highest BCUT2D eigenvalue weighted by atomic mass is 32.1. The molecule has 1 aromatic heterocycles. The van der Waals surface area contributed by atoms with Crippen LogP contribution in [0.3, 0.4) is 0 Å². The predicted octanol–water partition coefficient (Wildman–Crippen LogP) is -0.248. The summed E-state index contributed by atoms with van der Waals surface area (Å²) in [6.07, 6.45) is 0.652. The first-order chi connectivity index (χ1) is 4.34. The Kier molecular flexibility index (Phi) is 1.84. The number of rotatable bonds is 2. The van der Waals surface area contributed by atoms with E-state index < -0.39 is 0 Å². The molecule has 0 aliphatic rings. The standard InChI is InChI=1S/C4H6N4S/c1-8-4(2-3-9)5-6-7-8/h3H,2H2,1H3. The Morgan fingerprint density at radius 1 is 1.78 bits per heavy atom. The molecule has 0 aromatic carbocycles. The summed E-state index contributed by atoms with van der Waals surface area (Å²) < 4.78 is 1.60. The van der Waals surface area contributed by atoms with Crippen molar-refractivity contribution >= 4 is 17.6 Å². The lowest BCUT2D eigenvalue weighted by Crippen LogP contribution is -1.98. The van der Waals surface area contributed by atoms with Crippen molar-refractivity contribution in [3.05, 3.63) is 5.82 Å². The molecule has 0 saturated heterocycles. The molecule has 0 atom stereocenters. The molecule has 0 fully saturated rings. The van der Waals surface area contributed by atoms with Gasteiger partial charge in [0.1, 0.15) is 0 Å². The summed E-state index contributed by atoms with van der Waals surface area (Å²) in [7, 11) is 1.79. The van der Waals surface area contributed by atoms with Gasteiger partial charge in [-0.2, -0.15) is 0 Å². The van der Waals surface area contributed by atoms with Crippen LogP contribution < -0.4 is 0 Å². The Morgan fingerprint density at radius 2 is 2.56 bits per heavy atom. The van der Waals surface area contributed by atoms with E-state index in [2.05, 4.69) is 27.7 Å². The van der Waals surface area contributed by atoms with Gasteiger partial charge in [-0.3, -0.25) is 0 Å². The number of nitrogens with zero attached hydrogens (tertiary/aromatic N) is 4. The summed E-state index contributed by atoms with van der Waals surface area (Å²) in [5.41, 5.74) is 0. The van der Waals surface area contributed by atoms with Crippen LogP contribution in [0.25, 0.3) is 0 Å². The van der Waals surface area contributed by atoms with E-state index in [9.17, 15) is 0 Å². The molecule has 0 amide bonds. The minimum atomic E-state index is 0.652. The van der Waals surface area contributed by atoms with Crippen LogP contribution >= 0.6 is 12.2 Å². The molecule has 5 heteroatoms. The van der Waals surface area contributed by atoms with E-state index in [0.29, 0.717) is 6.42 Å². The van der Waals surface area contributed by atoms with Crippen LogP contribution in [0, 0.1) is 0 Å². The first-order valence-electron chi connectivity index (χ1n) is 2.49. The monoisotopic (exact) mass is 142 g/mol. The maximum atomic E-state index is 4.63. The lowest BCUT2D eigenvalue weighted by atomic mass is 10.5. The third kappa shape index (κ3) is 1.29. The van der Waals surface area contributed by atoms with Crippen molar-refractivity contribution in [2.45, 2.75) is 6.42 Å². The number of tetrazole rings is 1. The number of hydrogen-bond acceptors (Lipinski definition) is 4. The van der Waals surface area contributed by atoms with Crippen molar-refractivity contribution in [3.8, 4) is 0 Å². The first-order valence-corrected chi connectivity index (χ1v) is 2.96. The van der Waals surface area contributed by atoms with Crippen LogP contribution in [-0.2, 0) is 13.5 Å². The van der Waals surface area contributed by atoms with Crippen molar-refractivity contribution in [1.82, 2.24) is 20.2 Å². The molecule has 0 N–H and O–H groups in total. The average Bonchev–Trinajstić information content (AvgIpc) is 2.18. The second-order valence-corrected chi connectivity index (χ2v) is 1.92. The molecule has 0 spiro atoms. The normalized spacial score (nSPS) is 9.44. The second kappa shape index (κ2) is 2.63. The fourth-order valence-electron chi connectivity index (χ4n) is 0.495. The van der Waals surface area contributed by atoms with Gasteiger partial charge in [-0.15, -0.1) is 5.10 Å². The molecule has 0 saturated carbocycles. The Bertz CT molecular complexity index is 206. The summed E-state index contributed by atoms with van der Waals surface area (Å²) in [6.45, 7) is 0. The Labute approximate surface area is 57.9 Å². The zero-order valence-corrected chi connectivity index (χ0v) is 5.80. The topological polar surface area (TPSA) is 43.6 Å². The fraction of sp³-hybridized carbons (Fsp3) is 0.500. The van der Waals surface area contributed by atoms with Crippen molar-refractivity contribution in [2.75, 3.05) is 0 Å². The van der Waals surface area contributed by atoms with Gasteiger partial charge in [0.15, 0.2) is 5.82 Å². The van der Waals surface area contributed by atoms with E-state index >= 15 is 0 Å². The maximum absolute atomic E-state index is 4.63. The predicted molar refractivity (Wildman–Crippen MR) is 36.2 cm³/mol. The van der Waals surface area contributed by atoms with Crippen molar-refractivity contribution in [1.29, 1.82) is 0 Å². The highest BCUT2D eigenvalue weighted by Gasteiger charge is 1.96. The molecule has 0 unspecified atom stereocenters. The first kappa shape index (κ1) is 6.28. The van der Waals surface area contributed by atoms with Gasteiger partial charge in [0, 0.05) is 13.5 Å². The third-order valence-electron chi connectivity index (χ3n) is 0.974. The highest BCUT2D eigenvalue weighted by molar-refractivity contribution is 7.78. The van der Waals surface area contributed by atoms with Gasteiger partial charge in [-0.05, 0) is 15.8 Å². The lowest BCUT2D eigenvalue weighted by molar-refractivity contribution is 0.691.